The molecule has 8 nitrogen and oxygen atoms in total. The van der Waals surface area contributed by atoms with E-state index in [1.165, 1.54) is 0 Å². The van der Waals surface area contributed by atoms with Gasteiger partial charge in [0.15, 0.2) is 5.65 Å². The lowest BCUT2D eigenvalue weighted by atomic mass is 10.0. The molecule has 1 aliphatic heterocycles. The van der Waals surface area contributed by atoms with E-state index in [0.29, 0.717) is 12.2 Å². The number of para-hydroxylation sites is 1. The molecule has 4 aromatic rings. The molecule has 0 aliphatic carbocycles. The van der Waals surface area contributed by atoms with Crippen LogP contribution in [0.15, 0.2) is 60.9 Å². The molecular formula is C26H24N6O2. The number of hydrogen-bond acceptors (Lipinski definition) is 6. The predicted octanol–water partition coefficient (Wildman–Crippen LogP) is 3.92. The number of amides is 1. The van der Waals surface area contributed by atoms with Crippen LogP contribution in [0.25, 0.3) is 22.3 Å². The van der Waals surface area contributed by atoms with Gasteiger partial charge in [0, 0.05) is 24.7 Å². The van der Waals surface area contributed by atoms with Crippen LogP contribution in [0.3, 0.4) is 0 Å². The number of H-pyrrole nitrogens is 1. The minimum absolute atomic E-state index is 0.0110. The smallest absolute Gasteiger partial charge is 0.296 e. The number of nitrogens with one attached hydrogen (secondary N) is 2. The molecule has 1 saturated heterocycles. The van der Waals surface area contributed by atoms with Gasteiger partial charge in [-0.05, 0) is 62.1 Å². The Balaban J connectivity index is 1.42. The number of aromatic nitrogens is 4. The fourth-order valence-electron chi connectivity index (χ4n) is 4.22. The Morgan fingerprint density at radius 3 is 2.71 bits per heavy atom. The van der Waals surface area contributed by atoms with Crippen LogP contribution in [-0.2, 0) is 4.79 Å². The van der Waals surface area contributed by atoms with E-state index in [-0.39, 0.29) is 11.9 Å². The number of rotatable bonds is 5. The van der Waals surface area contributed by atoms with Gasteiger partial charge in [0.05, 0.1) is 5.39 Å². The number of benzene rings is 2. The zero-order chi connectivity index (χ0) is 23.3. The molecule has 0 unspecified atom stereocenters. The van der Waals surface area contributed by atoms with Crippen molar-refractivity contribution in [2.45, 2.75) is 25.8 Å². The average Bonchev–Trinajstić information content (AvgIpc) is 3.30. The maximum Gasteiger partial charge on any atom is 0.296 e. The molecule has 0 spiro atoms. The van der Waals surface area contributed by atoms with Gasteiger partial charge in [-0.15, -0.1) is 0 Å². The molecule has 8 heteroatoms. The Kier molecular flexibility index (Phi) is 6.08. The van der Waals surface area contributed by atoms with E-state index in [0.717, 1.165) is 53.3 Å². The van der Waals surface area contributed by atoms with Crippen molar-refractivity contribution in [3.63, 3.8) is 0 Å². The van der Waals surface area contributed by atoms with Crippen LogP contribution in [0.2, 0.25) is 0 Å². The number of ether oxygens (including phenoxy) is 1. The summed E-state index contributed by atoms with van der Waals surface area (Å²) in [6, 6.07) is 17.5. The quantitative estimate of drug-likeness (QED) is 0.446. The number of carbonyl (C=O) groups is 1. The Morgan fingerprint density at radius 2 is 1.91 bits per heavy atom. The fraction of sp³-hybridized carbons (Fsp3) is 0.231. The van der Waals surface area contributed by atoms with Crippen molar-refractivity contribution in [3.8, 4) is 34.6 Å². The van der Waals surface area contributed by atoms with E-state index in [2.05, 4.69) is 42.2 Å². The third kappa shape index (κ3) is 4.55. The van der Waals surface area contributed by atoms with E-state index >= 15 is 0 Å². The first kappa shape index (κ1) is 21.5. The van der Waals surface area contributed by atoms with Crippen LogP contribution in [0.1, 0.15) is 19.8 Å². The minimum Gasteiger partial charge on any atom is -0.457 e. The third-order valence-electron chi connectivity index (χ3n) is 5.74. The van der Waals surface area contributed by atoms with Crippen molar-refractivity contribution in [2.75, 3.05) is 18.0 Å². The fourth-order valence-corrected chi connectivity index (χ4v) is 4.22. The van der Waals surface area contributed by atoms with Crippen molar-refractivity contribution in [3.05, 3.63) is 60.9 Å². The Bertz CT molecular complexity index is 1360. The number of piperidine rings is 1. The minimum atomic E-state index is -0.246. The van der Waals surface area contributed by atoms with Gasteiger partial charge >= 0.3 is 0 Å². The number of carbonyl (C=O) groups excluding carboxylic acids is 1. The summed E-state index contributed by atoms with van der Waals surface area (Å²) in [4.78, 5) is 23.1. The van der Waals surface area contributed by atoms with Crippen molar-refractivity contribution < 1.29 is 9.53 Å². The second-order valence-electron chi connectivity index (χ2n) is 8.07. The van der Waals surface area contributed by atoms with Crippen LogP contribution < -0.4 is 15.0 Å². The summed E-state index contributed by atoms with van der Waals surface area (Å²) >= 11 is 0. The first-order valence-corrected chi connectivity index (χ1v) is 11.2. The van der Waals surface area contributed by atoms with Gasteiger partial charge in [0.2, 0.25) is 0 Å². The highest BCUT2D eigenvalue weighted by Crippen LogP contribution is 2.34. The standard InChI is InChI=1S/C26H24N6O2/c1-2-7-22(33)29-19-8-6-15-32(16-19)26-23-24(30-31-25(23)27-17-28-26)18-11-13-21(14-12-18)34-20-9-4-3-5-10-20/h3-5,9-14,17,19H,6,8,15-16H2,1H3,(H,29,33)(H,27,28,30,31)/t19-/m1/s1. The van der Waals surface area contributed by atoms with Crippen molar-refractivity contribution >= 4 is 22.8 Å². The predicted molar refractivity (Wildman–Crippen MR) is 130 cm³/mol. The Labute approximate surface area is 197 Å². The zero-order valence-electron chi connectivity index (χ0n) is 18.8. The lowest BCUT2D eigenvalue weighted by Crippen LogP contribution is -2.47. The maximum absolute atomic E-state index is 12.0. The largest absolute Gasteiger partial charge is 0.457 e. The van der Waals surface area contributed by atoms with Crippen LogP contribution >= 0.6 is 0 Å². The monoisotopic (exact) mass is 452 g/mol. The third-order valence-corrected chi connectivity index (χ3v) is 5.74. The van der Waals surface area contributed by atoms with Gasteiger partial charge in [-0.2, -0.15) is 5.10 Å². The molecule has 1 aliphatic rings. The molecule has 1 amide bonds. The van der Waals surface area contributed by atoms with E-state index in [1.807, 2.05) is 54.6 Å². The van der Waals surface area contributed by atoms with Crippen molar-refractivity contribution in [2.24, 2.45) is 0 Å². The van der Waals surface area contributed by atoms with Gasteiger partial charge in [0.25, 0.3) is 5.91 Å². The second-order valence-corrected chi connectivity index (χ2v) is 8.07. The molecule has 3 heterocycles. The normalized spacial score (nSPS) is 15.4. The van der Waals surface area contributed by atoms with Gasteiger partial charge in [-0.3, -0.25) is 9.89 Å². The molecule has 2 N–H and O–H groups in total. The first-order chi connectivity index (χ1) is 16.7. The molecule has 2 aromatic heterocycles. The Morgan fingerprint density at radius 1 is 1.12 bits per heavy atom. The van der Waals surface area contributed by atoms with E-state index in [4.69, 9.17) is 4.74 Å². The summed E-state index contributed by atoms with van der Waals surface area (Å²) in [6.45, 7) is 3.15. The van der Waals surface area contributed by atoms with Gasteiger partial charge in [0.1, 0.15) is 29.3 Å². The topological polar surface area (TPSA) is 96.0 Å². The highest BCUT2D eigenvalue weighted by Gasteiger charge is 2.25. The van der Waals surface area contributed by atoms with E-state index in [9.17, 15) is 4.79 Å². The van der Waals surface area contributed by atoms with Gasteiger partial charge < -0.3 is 15.0 Å². The summed E-state index contributed by atoms with van der Waals surface area (Å²) in [5.74, 6) is 7.29. The summed E-state index contributed by atoms with van der Waals surface area (Å²) in [7, 11) is 0. The lowest BCUT2D eigenvalue weighted by molar-refractivity contribution is -0.116. The van der Waals surface area contributed by atoms with Crippen LogP contribution in [-0.4, -0.2) is 45.2 Å². The van der Waals surface area contributed by atoms with Gasteiger partial charge in [-0.1, -0.05) is 24.1 Å². The molecule has 34 heavy (non-hydrogen) atoms. The van der Waals surface area contributed by atoms with Crippen LogP contribution in [0.4, 0.5) is 5.82 Å². The first-order valence-electron chi connectivity index (χ1n) is 11.2. The highest BCUT2D eigenvalue weighted by molar-refractivity contribution is 5.99. The maximum atomic E-state index is 12.0. The molecule has 0 saturated carbocycles. The molecular weight excluding hydrogens is 428 g/mol. The molecule has 5 rings (SSSR count). The van der Waals surface area contributed by atoms with Crippen LogP contribution in [0, 0.1) is 11.8 Å². The van der Waals surface area contributed by atoms with Gasteiger partial charge in [-0.25, -0.2) is 9.97 Å². The number of hydrogen-bond donors (Lipinski definition) is 2. The molecule has 0 radical (unpaired) electrons. The van der Waals surface area contributed by atoms with E-state index < -0.39 is 0 Å². The number of fused-ring (bicyclic) bond motifs is 1. The number of aromatic amines is 1. The summed E-state index contributed by atoms with van der Waals surface area (Å²) < 4.78 is 5.91. The highest BCUT2D eigenvalue weighted by atomic mass is 16.5. The number of nitrogens with zero attached hydrogens (tertiary/aromatic N) is 4. The number of anilines is 1. The summed E-state index contributed by atoms with van der Waals surface area (Å²) in [5.41, 5.74) is 2.38. The molecule has 1 atom stereocenters. The molecule has 0 bridgehead atoms. The Hall–Kier alpha value is -4.38. The molecule has 1 fully saturated rings. The zero-order valence-corrected chi connectivity index (χ0v) is 18.8. The average molecular weight is 453 g/mol. The summed E-state index contributed by atoms with van der Waals surface area (Å²) in [5, 5.41) is 11.4. The van der Waals surface area contributed by atoms with Crippen molar-refractivity contribution in [1.82, 2.24) is 25.5 Å². The van der Waals surface area contributed by atoms with Crippen LogP contribution in [0.5, 0.6) is 11.5 Å². The molecule has 2 aromatic carbocycles. The van der Waals surface area contributed by atoms with Crippen molar-refractivity contribution in [1.29, 1.82) is 0 Å². The van der Waals surface area contributed by atoms with E-state index in [1.54, 1.807) is 13.3 Å². The molecule has 170 valence electrons. The summed E-state index contributed by atoms with van der Waals surface area (Å²) in [6.07, 6.45) is 3.39. The SMILES string of the molecule is CC#CC(=O)N[C@@H]1CCCN(c2ncnc3[nH]nc(-c4ccc(Oc5ccccc5)cc4)c23)C1. The lowest BCUT2D eigenvalue weighted by Gasteiger charge is -2.33. The second kappa shape index (κ2) is 9.63.